The minimum absolute atomic E-state index is 0.515. The quantitative estimate of drug-likeness (QED) is 0.878. The molecule has 0 fully saturated rings. The number of pyridine rings is 1. The standard InChI is InChI=1S/C9H8ClF3N2O2/c1-14-7(16)4-15-3-5(9(11,12)13)2-6(10)8(15)17/h2-3H,4H2,1H3,(H,14,16). The average Bonchev–Trinajstić information content (AvgIpc) is 2.22. The van der Waals surface area contributed by atoms with Crippen molar-refractivity contribution in [2.24, 2.45) is 0 Å². The maximum Gasteiger partial charge on any atom is 0.417 e. The Morgan fingerprint density at radius 1 is 1.53 bits per heavy atom. The van der Waals surface area contributed by atoms with Crippen LogP contribution in [0.3, 0.4) is 0 Å². The van der Waals surface area contributed by atoms with Crippen molar-refractivity contribution < 1.29 is 18.0 Å². The molecule has 4 nitrogen and oxygen atoms in total. The number of carbonyl (C=O) groups excluding carboxylic acids is 1. The monoisotopic (exact) mass is 268 g/mol. The lowest BCUT2D eigenvalue weighted by atomic mass is 10.2. The van der Waals surface area contributed by atoms with Gasteiger partial charge in [-0.2, -0.15) is 13.2 Å². The van der Waals surface area contributed by atoms with Crippen LogP contribution < -0.4 is 10.9 Å². The summed E-state index contributed by atoms with van der Waals surface area (Å²) < 4.78 is 37.9. The first-order chi connectivity index (χ1) is 7.75. The summed E-state index contributed by atoms with van der Waals surface area (Å²) in [7, 11) is 1.31. The van der Waals surface area contributed by atoms with Crippen LogP contribution in [0.15, 0.2) is 17.1 Å². The van der Waals surface area contributed by atoms with Gasteiger partial charge >= 0.3 is 6.18 Å². The highest BCUT2D eigenvalue weighted by molar-refractivity contribution is 6.30. The van der Waals surface area contributed by atoms with E-state index in [9.17, 15) is 22.8 Å². The maximum absolute atomic E-state index is 12.4. The molecule has 1 amide bonds. The Kier molecular flexibility index (Phi) is 3.82. The molecule has 1 aromatic heterocycles. The van der Waals surface area contributed by atoms with E-state index in [-0.39, 0.29) is 0 Å². The summed E-state index contributed by atoms with van der Waals surface area (Å²) in [5, 5.41) is 1.62. The van der Waals surface area contributed by atoms with Crippen molar-refractivity contribution in [2.45, 2.75) is 12.7 Å². The Hall–Kier alpha value is -1.50. The van der Waals surface area contributed by atoms with Crippen molar-refractivity contribution in [3.05, 3.63) is 33.2 Å². The molecule has 0 aliphatic rings. The number of likely N-dealkylation sites (N-methyl/N-ethyl adjacent to an activating group) is 1. The highest BCUT2D eigenvalue weighted by Gasteiger charge is 2.32. The van der Waals surface area contributed by atoms with Crippen molar-refractivity contribution in [3.63, 3.8) is 0 Å². The molecule has 0 aliphatic carbocycles. The molecule has 8 heteroatoms. The molecule has 1 rings (SSSR count). The van der Waals surface area contributed by atoms with Crippen LogP contribution in [0, 0.1) is 0 Å². The first-order valence-corrected chi connectivity index (χ1v) is 4.81. The van der Waals surface area contributed by atoms with Gasteiger partial charge in [0.15, 0.2) is 0 Å². The molecule has 1 N–H and O–H groups in total. The van der Waals surface area contributed by atoms with E-state index >= 15 is 0 Å². The average molecular weight is 269 g/mol. The number of nitrogens with one attached hydrogen (secondary N) is 1. The molecule has 17 heavy (non-hydrogen) atoms. The SMILES string of the molecule is CNC(=O)Cn1cc(C(F)(F)F)cc(Cl)c1=O. The molecule has 1 heterocycles. The smallest absolute Gasteiger partial charge is 0.358 e. The zero-order valence-corrected chi connectivity index (χ0v) is 9.39. The predicted octanol–water partition coefficient (Wildman–Crippen LogP) is 1.27. The fraction of sp³-hybridized carbons (Fsp3) is 0.333. The van der Waals surface area contributed by atoms with Gasteiger partial charge < -0.3 is 9.88 Å². The van der Waals surface area contributed by atoms with Crippen molar-refractivity contribution in [1.82, 2.24) is 9.88 Å². The number of amides is 1. The van der Waals surface area contributed by atoms with E-state index < -0.39 is 34.8 Å². The Bertz CT molecular complexity index is 496. The van der Waals surface area contributed by atoms with Gasteiger partial charge in [-0.1, -0.05) is 11.6 Å². The van der Waals surface area contributed by atoms with Gasteiger partial charge in [-0.15, -0.1) is 0 Å². The van der Waals surface area contributed by atoms with Gasteiger partial charge in [-0.25, -0.2) is 0 Å². The van der Waals surface area contributed by atoms with Crippen LogP contribution in [0.5, 0.6) is 0 Å². The van der Waals surface area contributed by atoms with E-state index in [1.807, 2.05) is 0 Å². The number of alkyl halides is 3. The van der Waals surface area contributed by atoms with Crippen LogP contribution in [-0.4, -0.2) is 17.5 Å². The Morgan fingerprint density at radius 2 is 2.12 bits per heavy atom. The van der Waals surface area contributed by atoms with Gasteiger partial charge in [0.25, 0.3) is 5.56 Å². The van der Waals surface area contributed by atoms with Gasteiger partial charge in [-0.05, 0) is 6.07 Å². The Balaban J connectivity index is 3.26. The summed E-state index contributed by atoms with van der Waals surface area (Å²) in [6.07, 6.45) is -4.06. The second kappa shape index (κ2) is 4.79. The minimum Gasteiger partial charge on any atom is -0.358 e. The van der Waals surface area contributed by atoms with E-state index in [0.29, 0.717) is 16.8 Å². The molecule has 94 valence electrons. The highest BCUT2D eigenvalue weighted by Crippen LogP contribution is 2.29. The molecule has 0 bridgehead atoms. The Morgan fingerprint density at radius 3 is 2.59 bits per heavy atom. The molecule has 0 spiro atoms. The van der Waals surface area contributed by atoms with Crippen molar-refractivity contribution in [3.8, 4) is 0 Å². The van der Waals surface area contributed by atoms with Crippen LogP contribution in [0.1, 0.15) is 5.56 Å². The van der Waals surface area contributed by atoms with Crippen LogP contribution in [0.2, 0.25) is 5.02 Å². The third kappa shape index (κ3) is 3.23. The van der Waals surface area contributed by atoms with Crippen LogP contribution in [-0.2, 0) is 17.5 Å². The van der Waals surface area contributed by atoms with Gasteiger partial charge in [0, 0.05) is 13.2 Å². The third-order valence-corrected chi connectivity index (χ3v) is 2.23. The first kappa shape index (κ1) is 13.6. The molecule has 0 aromatic carbocycles. The summed E-state index contributed by atoms with van der Waals surface area (Å²) in [6.45, 7) is -0.515. The normalized spacial score (nSPS) is 11.4. The molecule has 0 aliphatic heterocycles. The lowest BCUT2D eigenvalue weighted by Gasteiger charge is -2.11. The number of carbonyl (C=O) groups is 1. The van der Waals surface area contributed by atoms with Crippen molar-refractivity contribution in [1.29, 1.82) is 0 Å². The summed E-state index contributed by atoms with van der Waals surface area (Å²) in [5.74, 6) is -0.595. The second-order valence-electron chi connectivity index (χ2n) is 3.18. The van der Waals surface area contributed by atoms with Crippen LogP contribution in [0.25, 0.3) is 0 Å². The molecule has 0 unspecified atom stereocenters. The molecule has 0 saturated heterocycles. The molecular weight excluding hydrogens is 261 g/mol. The van der Waals surface area contributed by atoms with Gasteiger partial charge in [0.05, 0.1) is 5.56 Å². The predicted molar refractivity (Wildman–Crippen MR) is 54.8 cm³/mol. The number of rotatable bonds is 2. The zero-order valence-electron chi connectivity index (χ0n) is 8.64. The molecule has 1 aromatic rings. The lowest BCUT2D eigenvalue weighted by molar-refractivity contribution is -0.138. The largest absolute Gasteiger partial charge is 0.417 e. The Labute approximate surface area is 99.0 Å². The summed E-state index contributed by atoms with van der Waals surface area (Å²) in [6, 6.07) is 0.532. The van der Waals surface area contributed by atoms with Crippen LogP contribution >= 0.6 is 11.6 Å². The topological polar surface area (TPSA) is 51.1 Å². The summed E-state index contributed by atoms with van der Waals surface area (Å²) in [5.41, 5.74) is -1.92. The first-order valence-electron chi connectivity index (χ1n) is 4.43. The summed E-state index contributed by atoms with van der Waals surface area (Å²) in [4.78, 5) is 22.4. The lowest BCUT2D eigenvalue weighted by Crippen LogP contribution is -2.31. The van der Waals surface area contributed by atoms with Gasteiger partial charge in [-0.3, -0.25) is 9.59 Å². The van der Waals surface area contributed by atoms with Crippen LogP contribution in [0.4, 0.5) is 13.2 Å². The number of nitrogens with zero attached hydrogens (tertiary/aromatic N) is 1. The molecule has 0 radical (unpaired) electrons. The number of hydrogen-bond acceptors (Lipinski definition) is 2. The summed E-state index contributed by atoms with van der Waals surface area (Å²) >= 11 is 5.39. The number of hydrogen-bond donors (Lipinski definition) is 1. The molecular formula is C9H8ClF3N2O2. The van der Waals surface area contributed by atoms with Crippen molar-refractivity contribution >= 4 is 17.5 Å². The van der Waals surface area contributed by atoms with E-state index in [1.165, 1.54) is 7.05 Å². The zero-order chi connectivity index (χ0) is 13.2. The second-order valence-corrected chi connectivity index (χ2v) is 3.59. The highest BCUT2D eigenvalue weighted by atomic mass is 35.5. The maximum atomic E-state index is 12.4. The minimum atomic E-state index is -4.62. The van der Waals surface area contributed by atoms with E-state index in [0.717, 1.165) is 0 Å². The molecule has 0 saturated carbocycles. The van der Waals surface area contributed by atoms with E-state index in [4.69, 9.17) is 11.6 Å². The fourth-order valence-electron chi connectivity index (χ4n) is 1.11. The fourth-order valence-corrected chi connectivity index (χ4v) is 1.33. The van der Waals surface area contributed by atoms with Crippen molar-refractivity contribution in [2.75, 3.05) is 7.05 Å². The van der Waals surface area contributed by atoms with E-state index in [2.05, 4.69) is 5.32 Å². The van der Waals surface area contributed by atoms with E-state index in [1.54, 1.807) is 0 Å². The van der Waals surface area contributed by atoms with Gasteiger partial charge in [0.2, 0.25) is 5.91 Å². The van der Waals surface area contributed by atoms with Gasteiger partial charge in [0.1, 0.15) is 11.6 Å². The molecule has 0 atom stereocenters. The number of halogens is 4. The third-order valence-electron chi connectivity index (χ3n) is 1.96. The number of aromatic nitrogens is 1.